The molecule has 0 saturated carbocycles. The molecule has 0 saturated heterocycles. The molecule has 0 fully saturated rings. The van der Waals surface area contributed by atoms with Gasteiger partial charge in [-0.25, -0.2) is 9.37 Å². The van der Waals surface area contributed by atoms with Crippen molar-refractivity contribution in [3.8, 4) is 28.1 Å². The highest BCUT2D eigenvalue weighted by atomic mass is 19.1. The first kappa shape index (κ1) is 21.8. The Balaban J connectivity index is 1.65. The van der Waals surface area contributed by atoms with Crippen LogP contribution >= 0.6 is 0 Å². The summed E-state index contributed by atoms with van der Waals surface area (Å²) in [5.74, 6) is 1.27. The van der Waals surface area contributed by atoms with Crippen molar-refractivity contribution in [3.63, 3.8) is 0 Å². The number of ether oxygens (including phenoxy) is 1. The lowest BCUT2D eigenvalue weighted by molar-refractivity contribution is 0.286. The van der Waals surface area contributed by atoms with Gasteiger partial charge in [0, 0.05) is 5.56 Å². The second-order valence-corrected chi connectivity index (χ2v) is 8.36. The molecule has 1 aliphatic heterocycles. The minimum Gasteiger partial charge on any atom is -0.496 e. The zero-order valence-corrected chi connectivity index (χ0v) is 19.3. The Kier molecular flexibility index (Phi) is 5.59. The number of hydrogen-bond acceptors (Lipinski definition) is 6. The average molecular weight is 457 g/mol. The summed E-state index contributed by atoms with van der Waals surface area (Å²) in [6, 6.07) is 17.1. The van der Waals surface area contributed by atoms with Gasteiger partial charge >= 0.3 is 0 Å². The van der Waals surface area contributed by atoms with Gasteiger partial charge in [0.2, 0.25) is 5.62 Å². The molecule has 0 amide bonds. The molecule has 0 atom stereocenters. The number of halogens is 1. The van der Waals surface area contributed by atoms with Crippen LogP contribution in [-0.4, -0.2) is 26.7 Å². The lowest BCUT2D eigenvalue weighted by Gasteiger charge is -2.18. The quantitative estimate of drug-likeness (QED) is 0.457. The zero-order chi connectivity index (χ0) is 23.8. The molecule has 172 valence electrons. The van der Waals surface area contributed by atoms with Crippen LogP contribution in [0.25, 0.3) is 22.4 Å². The Morgan fingerprint density at radius 1 is 1.06 bits per heavy atom. The van der Waals surface area contributed by atoms with Gasteiger partial charge in [0.25, 0.3) is 0 Å². The van der Waals surface area contributed by atoms with Gasteiger partial charge in [-0.1, -0.05) is 30.3 Å². The number of pyridine rings is 1. The molecule has 5 rings (SSSR count). The summed E-state index contributed by atoms with van der Waals surface area (Å²) >= 11 is 0. The molecule has 34 heavy (non-hydrogen) atoms. The van der Waals surface area contributed by atoms with E-state index in [1.165, 1.54) is 12.3 Å². The Morgan fingerprint density at radius 2 is 1.79 bits per heavy atom. The van der Waals surface area contributed by atoms with Crippen molar-refractivity contribution in [1.82, 2.24) is 19.5 Å². The molecule has 2 aromatic carbocycles. The molecule has 7 nitrogen and oxygen atoms in total. The monoisotopic (exact) mass is 456 g/mol. The largest absolute Gasteiger partial charge is 0.496 e. The fourth-order valence-electron chi connectivity index (χ4n) is 4.46. The van der Waals surface area contributed by atoms with Crippen molar-refractivity contribution in [2.24, 2.45) is 0 Å². The molecule has 8 heteroatoms. The Hall–Kier alpha value is -4.04. The lowest BCUT2D eigenvalue weighted by Crippen LogP contribution is -2.27. The maximum atomic E-state index is 13.3. The highest BCUT2D eigenvalue weighted by Gasteiger charge is 2.27. The van der Waals surface area contributed by atoms with Crippen molar-refractivity contribution < 1.29 is 9.13 Å². The summed E-state index contributed by atoms with van der Waals surface area (Å²) in [6.07, 6.45) is 1.21. The number of anilines is 1. The van der Waals surface area contributed by atoms with Gasteiger partial charge in [-0.15, -0.1) is 0 Å². The maximum absolute atomic E-state index is 13.3. The molecule has 4 aromatic rings. The van der Waals surface area contributed by atoms with Crippen molar-refractivity contribution in [2.45, 2.75) is 27.1 Å². The minimum atomic E-state index is -0.367. The molecule has 2 N–H and O–H groups in total. The third kappa shape index (κ3) is 3.92. The van der Waals surface area contributed by atoms with Gasteiger partial charge in [-0.3, -0.25) is 15.0 Å². The van der Waals surface area contributed by atoms with E-state index in [0.29, 0.717) is 13.2 Å². The Bertz CT molecular complexity index is 1390. The number of rotatable bonds is 5. The fraction of sp³-hybridized carbons (Fsp3) is 0.192. The normalized spacial score (nSPS) is 12.9. The molecule has 1 aliphatic rings. The molecule has 0 unspecified atom stereocenters. The van der Waals surface area contributed by atoms with Gasteiger partial charge in [0.05, 0.1) is 43.5 Å². The first-order valence-corrected chi connectivity index (χ1v) is 11.0. The van der Waals surface area contributed by atoms with Gasteiger partial charge in [0.15, 0.2) is 0 Å². The van der Waals surface area contributed by atoms with Crippen LogP contribution in [0.4, 0.5) is 10.2 Å². The van der Waals surface area contributed by atoms with Gasteiger partial charge in [-0.05, 0) is 54.8 Å². The van der Waals surface area contributed by atoms with Crippen LogP contribution in [0.3, 0.4) is 0 Å². The second-order valence-electron chi connectivity index (χ2n) is 8.36. The molecule has 3 heterocycles. The number of methoxy groups -OCH3 is 1. The second kappa shape index (κ2) is 8.72. The molecule has 0 bridgehead atoms. The SMILES string of the molecule is COc1c(C)cc(-c2c(-c3ccccc3)nc(=N)n3c2NN(Cc2ccc(F)cn2)C3)cc1C. The van der Waals surface area contributed by atoms with Crippen LogP contribution in [0.1, 0.15) is 16.8 Å². The average Bonchev–Trinajstić information content (AvgIpc) is 3.25. The maximum Gasteiger partial charge on any atom is 0.225 e. The number of benzene rings is 2. The summed E-state index contributed by atoms with van der Waals surface area (Å²) in [4.78, 5) is 8.89. The van der Waals surface area contributed by atoms with E-state index in [-0.39, 0.29) is 11.4 Å². The highest BCUT2D eigenvalue weighted by Crippen LogP contribution is 2.40. The van der Waals surface area contributed by atoms with Gasteiger partial charge < -0.3 is 10.2 Å². The zero-order valence-electron chi connectivity index (χ0n) is 19.3. The lowest BCUT2D eigenvalue weighted by atomic mass is 9.96. The third-order valence-corrected chi connectivity index (χ3v) is 5.93. The van der Waals surface area contributed by atoms with Crippen LogP contribution in [0.15, 0.2) is 60.8 Å². The summed E-state index contributed by atoms with van der Waals surface area (Å²) in [5, 5.41) is 10.6. The molecule has 2 aromatic heterocycles. The Labute approximate surface area is 197 Å². The standard InChI is InChI=1S/C26H25FN6O/c1-16-11-19(12-17(2)24(16)34-3)22-23(18-7-5-4-6-8-18)30-26(28)33-15-32(31-25(22)33)14-21-10-9-20(27)13-29-21/h4-13,28,31H,14-15H2,1-3H3. The van der Waals surface area contributed by atoms with Crippen molar-refractivity contribution >= 4 is 5.82 Å². The fourth-order valence-corrected chi connectivity index (χ4v) is 4.46. The van der Waals surface area contributed by atoms with Crippen molar-refractivity contribution in [2.75, 3.05) is 12.5 Å². The van der Waals surface area contributed by atoms with E-state index < -0.39 is 0 Å². The summed E-state index contributed by atoms with van der Waals surface area (Å²) in [5.41, 5.74) is 9.94. The topological polar surface area (TPSA) is 79.1 Å². The van der Waals surface area contributed by atoms with Crippen LogP contribution in [0.2, 0.25) is 0 Å². The van der Waals surface area contributed by atoms with Gasteiger partial charge in [0.1, 0.15) is 17.4 Å². The van der Waals surface area contributed by atoms with E-state index >= 15 is 0 Å². The predicted molar refractivity (Wildman–Crippen MR) is 128 cm³/mol. The number of fused-ring (bicyclic) bond motifs is 1. The van der Waals surface area contributed by atoms with E-state index in [0.717, 1.165) is 50.8 Å². The summed E-state index contributed by atoms with van der Waals surface area (Å²) < 4.78 is 20.7. The first-order valence-electron chi connectivity index (χ1n) is 11.0. The van der Waals surface area contributed by atoms with Gasteiger partial charge in [-0.2, -0.15) is 5.01 Å². The summed E-state index contributed by atoms with van der Waals surface area (Å²) in [7, 11) is 1.68. The van der Waals surface area contributed by atoms with Crippen LogP contribution in [0, 0.1) is 25.1 Å². The number of aromatic nitrogens is 3. The van der Waals surface area contributed by atoms with Crippen LogP contribution in [-0.2, 0) is 13.2 Å². The number of nitrogens with one attached hydrogen (secondary N) is 2. The summed E-state index contributed by atoms with van der Waals surface area (Å²) in [6.45, 7) is 4.91. The van der Waals surface area contributed by atoms with E-state index in [1.807, 2.05) is 53.8 Å². The van der Waals surface area contributed by atoms with E-state index in [1.54, 1.807) is 13.2 Å². The molecule has 0 radical (unpaired) electrons. The smallest absolute Gasteiger partial charge is 0.225 e. The van der Waals surface area contributed by atoms with E-state index in [9.17, 15) is 4.39 Å². The van der Waals surface area contributed by atoms with E-state index in [4.69, 9.17) is 15.1 Å². The predicted octanol–water partition coefficient (Wildman–Crippen LogP) is 4.66. The highest BCUT2D eigenvalue weighted by molar-refractivity contribution is 5.89. The van der Waals surface area contributed by atoms with Crippen molar-refractivity contribution in [3.05, 3.63) is 89.1 Å². The first-order chi connectivity index (χ1) is 16.4. The number of aryl methyl sites for hydroxylation is 2. The minimum absolute atomic E-state index is 0.154. The molecular formula is C26H25FN6O. The molecular weight excluding hydrogens is 431 g/mol. The van der Waals surface area contributed by atoms with Crippen LogP contribution < -0.4 is 15.8 Å². The third-order valence-electron chi connectivity index (χ3n) is 5.93. The number of hydrazine groups is 1. The van der Waals surface area contributed by atoms with Crippen molar-refractivity contribution in [1.29, 1.82) is 5.41 Å². The molecule has 0 aliphatic carbocycles. The Morgan fingerprint density at radius 3 is 2.44 bits per heavy atom. The number of hydrogen-bond donors (Lipinski definition) is 2. The molecule has 0 spiro atoms. The van der Waals surface area contributed by atoms with E-state index in [2.05, 4.69) is 22.5 Å². The number of nitrogens with zero attached hydrogens (tertiary/aromatic N) is 4. The van der Waals surface area contributed by atoms with Crippen LogP contribution in [0.5, 0.6) is 5.75 Å².